The number of hydrogen-bond donors (Lipinski definition) is 2. The van der Waals surface area contributed by atoms with Crippen molar-refractivity contribution in [1.82, 2.24) is 10.6 Å². The molecule has 1 aliphatic rings. The summed E-state index contributed by atoms with van der Waals surface area (Å²) < 4.78 is 23.3. The second kappa shape index (κ2) is 6.58. The number of carbonyl (C=O) groups is 1. The van der Waals surface area contributed by atoms with Crippen LogP contribution in [0.4, 0.5) is 4.79 Å². The van der Waals surface area contributed by atoms with Gasteiger partial charge in [-0.1, -0.05) is 13.0 Å². The molecule has 5 nitrogen and oxygen atoms in total. The molecule has 2 rings (SSSR count). The topological polar surface area (TPSA) is 75.3 Å². The summed E-state index contributed by atoms with van der Waals surface area (Å²) in [5.41, 5.74) is 0. The predicted molar refractivity (Wildman–Crippen MR) is 80.9 cm³/mol. The molecule has 0 radical (unpaired) electrons. The Balaban J connectivity index is 1.71. The highest BCUT2D eigenvalue weighted by Crippen LogP contribution is 2.20. The van der Waals surface area contributed by atoms with Crippen LogP contribution in [0.5, 0.6) is 0 Å². The summed E-state index contributed by atoms with van der Waals surface area (Å²) in [6.07, 6.45) is 1.35. The summed E-state index contributed by atoms with van der Waals surface area (Å²) in [6.45, 7) is 2.80. The van der Waals surface area contributed by atoms with Crippen LogP contribution in [0.3, 0.4) is 0 Å². The van der Waals surface area contributed by atoms with Gasteiger partial charge in [-0.3, -0.25) is 0 Å². The van der Waals surface area contributed by atoms with Gasteiger partial charge in [0.25, 0.3) is 0 Å². The average molecular weight is 316 g/mol. The van der Waals surface area contributed by atoms with Gasteiger partial charge in [-0.15, -0.1) is 11.3 Å². The van der Waals surface area contributed by atoms with Crippen molar-refractivity contribution in [3.8, 4) is 0 Å². The molecule has 1 fully saturated rings. The third-order valence-corrected chi connectivity index (χ3v) is 6.93. The molecule has 0 aromatic carbocycles. The van der Waals surface area contributed by atoms with Crippen LogP contribution in [0.25, 0.3) is 0 Å². The Morgan fingerprint density at radius 3 is 2.90 bits per heavy atom. The van der Waals surface area contributed by atoms with Crippen molar-refractivity contribution >= 4 is 27.2 Å². The fourth-order valence-electron chi connectivity index (χ4n) is 2.27. The molecule has 20 heavy (non-hydrogen) atoms. The van der Waals surface area contributed by atoms with Crippen LogP contribution in [0.15, 0.2) is 17.5 Å². The lowest BCUT2D eigenvalue weighted by Crippen LogP contribution is -2.42. The molecule has 112 valence electrons. The summed E-state index contributed by atoms with van der Waals surface area (Å²) in [7, 11) is -2.99. The first-order valence-electron chi connectivity index (χ1n) is 6.75. The lowest BCUT2D eigenvalue weighted by atomic mass is 10.1. The fourth-order valence-corrected chi connectivity index (χ4v) is 4.83. The van der Waals surface area contributed by atoms with E-state index in [0.717, 1.165) is 0 Å². The summed E-state index contributed by atoms with van der Waals surface area (Å²) in [4.78, 5) is 12.9. The van der Waals surface area contributed by atoms with E-state index in [2.05, 4.69) is 10.6 Å². The number of urea groups is 1. The zero-order chi connectivity index (χ0) is 14.6. The monoisotopic (exact) mass is 316 g/mol. The van der Waals surface area contributed by atoms with E-state index in [1.54, 1.807) is 11.3 Å². The van der Waals surface area contributed by atoms with Crippen LogP contribution in [0, 0.1) is 0 Å². The molecule has 1 aromatic rings. The number of nitrogens with one attached hydrogen (secondary N) is 2. The normalized spacial score (nSPS) is 22.4. The van der Waals surface area contributed by atoms with E-state index in [1.165, 1.54) is 4.88 Å². The molecular formula is C13H20N2O3S2. The first kappa shape index (κ1) is 15.3. The number of carbonyl (C=O) groups excluding carboxylic acids is 1. The summed E-state index contributed by atoms with van der Waals surface area (Å²) in [5, 5.41) is 7.04. The molecule has 0 unspecified atom stereocenters. The third-order valence-electron chi connectivity index (χ3n) is 3.55. The second-order valence-electron chi connectivity index (χ2n) is 5.14. The van der Waals surface area contributed by atoms with Crippen molar-refractivity contribution < 1.29 is 13.2 Å². The maximum Gasteiger partial charge on any atom is 0.314 e. The lowest BCUT2D eigenvalue weighted by Gasteiger charge is -2.14. The van der Waals surface area contributed by atoms with E-state index < -0.39 is 15.1 Å². The van der Waals surface area contributed by atoms with Crippen molar-refractivity contribution in [2.45, 2.75) is 30.9 Å². The highest BCUT2D eigenvalue weighted by Gasteiger charge is 2.31. The van der Waals surface area contributed by atoms with E-state index in [4.69, 9.17) is 0 Å². The van der Waals surface area contributed by atoms with Gasteiger partial charge >= 0.3 is 6.03 Å². The number of thiophene rings is 1. The van der Waals surface area contributed by atoms with Gasteiger partial charge < -0.3 is 10.6 Å². The van der Waals surface area contributed by atoms with Gasteiger partial charge in [0.05, 0.1) is 11.0 Å². The summed E-state index contributed by atoms with van der Waals surface area (Å²) in [6, 6.07) is 3.73. The van der Waals surface area contributed by atoms with E-state index in [0.29, 0.717) is 19.4 Å². The van der Waals surface area contributed by atoms with Gasteiger partial charge in [-0.2, -0.15) is 0 Å². The van der Waals surface area contributed by atoms with Crippen LogP contribution in [0.2, 0.25) is 0 Å². The third kappa shape index (κ3) is 3.96. The van der Waals surface area contributed by atoms with Crippen molar-refractivity contribution in [2.24, 2.45) is 0 Å². The van der Waals surface area contributed by atoms with Crippen LogP contribution in [0.1, 0.15) is 30.6 Å². The minimum atomic E-state index is -2.99. The van der Waals surface area contributed by atoms with Gasteiger partial charge in [0, 0.05) is 23.9 Å². The summed E-state index contributed by atoms with van der Waals surface area (Å²) >= 11 is 1.67. The zero-order valence-electron chi connectivity index (χ0n) is 11.5. The molecule has 1 aliphatic heterocycles. The number of sulfone groups is 1. The Morgan fingerprint density at radius 1 is 1.50 bits per heavy atom. The maximum atomic E-state index is 11.7. The Morgan fingerprint density at radius 2 is 2.30 bits per heavy atom. The molecule has 2 heterocycles. The van der Waals surface area contributed by atoms with Crippen molar-refractivity contribution in [3.05, 3.63) is 22.4 Å². The Hall–Kier alpha value is -1.08. The SMILES string of the molecule is C[C@H](CNC(=O)NC[C@@H]1CCCS1(=O)=O)c1cccs1. The zero-order valence-corrected chi connectivity index (χ0v) is 13.1. The quantitative estimate of drug-likeness (QED) is 0.868. The first-order chi connectivity index (χ1) is 9.49. The first-order valence-corrected chi connectivity index (χ1v) is 9.35. The molecule has 0 bridgehead atoms. The Labute approximate surface area is 123 Å². The van der Waals surface area contributed by atoms with Gasteiger partial charge in [-0.05, 0) is 24.3 Å². The van der Waals surface area contributed by atoms with Gasteiger partial charge in [0.2, 0.25) is 0 Å². The minimum absolute atomic E-state index is 0.210. The fraction of sp³-hybridized carbons (Fsp3) is 0.615. The molecule has 1 aromatic heterocycles. The highest BCUT2D eigenvalue weighted by atomic mass is 32.2. The molecule has 7 heteroatoms. The van der Waals surface area contributed by atoms with E-state index in [9.17, 15) is 13.2 Å². The maximum absolute atomic E-state index is 11.7. The molecule has 1 saturated heterocycles. The molecule has 2 amide bonds. The smallest absolute Gasteiger partial charge is 0.314 e. The number of amides is 2. The second-order valence-corrected chi connectivity index (χ2v) is 8.52. The molecule has 0 aliphatic carbocycles. The van der Waals surface area contributed by atoms with Crippen LogP contribution in [-0.4, -0.2) is 38.5 Å². The molecule has 0 saturated carbocycles. The number of hydrogen-bond acceptors (Lipinski definition) is 4. The average Bonchev–Trinajstić information content (AvgIpc) is 3.03. The van der Waals surface area contributed by atoms with E-state index in [-0.39, 0.29) is 24.2 Å². The van der Waals surface area contributed by atoms with Crippen LogP contribution < -0.4 is 10.6 Å². The standard InChI is InChI=1S/C13H20N2O3S2/c1-10(12-5-2-6-19-12)8-14-13(16)15-9-11-4-3-7-20(11,17)18/h2,5-6,10-11H,3-4,7-9H2,1H3,(H2,14,15,16)/t10-,11+/m1/s1. The molecular weight excluding hydrogens is 296 g/mol. The van der Waals surface area contributed by atoms with Crippen LogP contribution >= 0.6 is 11.3 Å². The van der Waals surface area contributed by atoms with Crippen molar-refractivity contribution in [3.63, 3.8) is 0 Å². The lowest BCUT2D eigenvalue weighted by molar-refractivity contribution is 0.240. The number of rotatable bonds is 5. The van der Waals surface area contributed by atoms with Gasteiger partial charge in [0.1, 0.15) is 0 Å². The summed E-state index contributed by atoms with van der Waals surface area (Å²) in [5.74, 6) is 0.507. The highest BCUT2D eigenvalue weighted by molar-refractivity contribution is 7.92. The molecule has 0 spiro atoms. The van der Waals surface area contributed by atoms with Gasteiger partial charge in [-0.25, -0.2) is 13.2 Å². The van der Waals surface area contributed by atoms with Gasteiger partial charge in [0.15, 0.2) is 9.84 Å². The predicted octanol–water partition coefficient (Wildman–Crippen LogP) is 1.73. The van der Waals surface area contributed by atoms with Crippen molar-refractivity contribution in [1.29, 1.82) is 0 Å². The van der Waals surface area contributed by atoms with Crippen molar-refractivity contribution in [2.75, 3.05) is 18.8 Å². The largest absolute Gasteiger partial charge is 0.338 e. The van der Waals surface area contributed by atoms with E-state index in [1.807, 2.05) is 24.4 Å². The Kier molecular flexibility index (Phi) is 5.04. The van der Waals surface area contributed by atoms with Crippen LogP contribution in [-0.2, 0) is 9.84 Å². The minimum Gasteiger partial charge on any atom is -0.338 e. The molecule has 2 N–H and O–H groups in total. The molecule has 2 atom stereocenters. The van der Waals surface area contributed by atoms with E-state index >= 15 is 0 Å². The Bertz CT molecular complexity index is 540.